The van der Waals surface area contributed by atoms with Crippen LogP contribution in [-0.2, 0) is 16.1 Å². The number of hydrogen-bond donors (Lipinski definition) is 1. The van der Waals surface area contributed by atoms with E-state index in [4.69, 9.17) is 27.9 Å². The highest BCUT2D eigenvalue weighted by atomic mass is 35.5. The van der Waals surface area contributed by atoms with Gasteiger partial charge < -0.3 is 9.72 Å². The highest BCUT2D eigenvalue weighted by molar-refractivity contribution is 7.17. The van der Waals surface area contributed by atoms with E-state index in [1.165, 1.54) is 23.5 Å². The van der Waals surface area contributed by atoms with Crippen molar-refractivity contribution in [3.05, 3.63) is 67.5 Å². The predicted molar refractivity (Wildman–Crippen MR) is 95.5 cm³/mol. The zero-order chi connectivity index (χ0) is 17.1. The second-order valence-corrected chi connectivity index (χ2v) is 6.51. The van der Waals surface area contributed by atoms with Gasteiger partial charge in [-0.3, -0.25) is 4.79 Å². The van der Waals surface area contributed by atoms with Crippen LogP contribution in [0.3, 0.4) is 0 Å². The quantitative estimate of drug-likeness (QED) is 0.547. The summed E-state index contributed by atoms with van der Waals surface area (Å²) in [5.74, 6) is -0.286. The van der Waals surface area contributed by atoms with E-state index in [0.717, 1.165) is 0 Å². The molecule has 0 saturated carbocycles. The highest BCUT2D eigenvalue weighted by Gasteiger charge is 2.07. The van der Waals surface area contributed by atoms with E-state index in [1.807, 2.05) is 0 Å². The van der Waals surface area contributed by atoms with E-state index in [2.05, 4.69) is 9.97 Å². The number of carbonyl (C=O) groups excluding carboxylic acids is 1. The molecule has 2 aromatic heterocycles. The first-order chi connectivity index (χ1) is 11.5. The molecule has 0 unspecified atom stereocenters. The number of aromatic nitrogens is 2. The van der Waals surface area contributed by atoms with Gasteiger partial charge in [-0.2, -0.15) is 0 Å². The summed E-state index contributed by atoms with van der Waals surface area (Å²) in [5.41, 5.74) is 0.979. The van der Waals surface area contributed by atoms with Crippen molar-refractivity contribution in [1.82, 2.24) is 9.97 Å². The van der Waals surface area contributed by atoms with Crippen molar-refractivity contribution in [2.75, 3.05) is 0 Å². The summed E-state index contributed by atoms with van der Waals surface area (Å²) in [7, 11) is 0. The fourth-order valence-electron chi connectivity index (χ4n) is 1.97. The Labute approximate surface area is 150 Å². The normalized spacial score (nSPS) is 11.2. The molecule has 8 heteroatoms. The molecular weight excluding hydrogens is 371 g/mol. The van der Waals surface area contributed by atoms with Crippen LogP contribution in [0, 0.1) is 0 Å². The SMILES string of the molecule is O=C(/C=C/c1ccc(Cl)cc1Cl)OCc1nc2ccsc2c(=O)[nH]1. The average Bonchev–Trinajstić information content (AvgIpc) is 3.01. The number of ether oxygens (including phenoxy) is 1. The number of nitrogens with zero attached hydrogens (tertiary/aromatic N) is 1. The summed E-state index contributed by atoms with van der Waals surface area (Å²) in [6.07, 6.45) is 2.77. The van der Waals surface area contributed by atoms with E-state index in [-0.39, 0.29) is 18.0 Å². The van der Waals surface area contributed by atoms with Crippen LogP contribution >= 0.6 is 34.5 Å². The number of carbonyl (C=O) groups is 1. The first-order valence-electron chi connectivity index (χ1n) is 6.79. The Balaban J connectivity index is 1.66. The number of thiophene rings is 1. The molecule has 3 aromatic rings. The lowest BCUT2D eigenvalue weighted by molar-refractivity contribution is -0.139. The third-order valence-corrected chi connectivity index (χ3v) is 4.54. The second-order valence-electron chi connectivity index (χ2n) is 4.75. The van der Waals surface area contributed by atoms with Gasteiger partial charge in [-0.25, -0.2) is 9.78 Å². The zero-order valence-corrected chi connectivity index (χ0v) is 14.4. The lowest BCUT2D eigenvalue weighted by Gasteiger charge is -2.02. The van der Waals surface area contributed by atoms with Gasteiger partial charge in [0.1, 0.15) is 17.1 Å². The fourth-order valence-corrected chi connectivity index (χ4v) is 3.17. The fraction of sp³-hybridized carbons (Fsp3) is 0.0625. The number of rotatable bonds is 4. The number of benzene rings is 1. The smallest absolute Gasteiger partial charge is 0.331 e. The molecule has 0 spiro atoms. The second kappa shape index (κ2) is 7.17. The number of H-pyrrole nitrogens is 1. The highest BCUT2D eigenvalue weighted by Crippen LogP contribution is 2.22. The molecule has 0 amide bonds. The Morgan fingerprint density at radius 2 is 2.17 bits per heavy atom. The topological polar surface area (TPSA) is 72.0 Å². The minimum absolute atomic E-state index is 0.126. The van der Waals surface area contributed by atoms with Crippen molar-refractivity contribution in [2.24, 2.45) is 0 Å². The van der Waals surface area contributed by atoms with E-state index in [0.29, 0.717) is 25.8 Å². The molecule has 2 heterocycles. The monoisotopic (exact) mass is 380 g/mol. The van der Waals surface area contributed by atoms with Crippen LogP contribution in [-0.4, -0.2) is 15.9 Å². The van der Waals surface area contributed by atoms with Crippen molar-refractivity contribution in [3.63, 3.8) is 0 Å². The molecule has 0 aliphatic rings. The summed E-state index contributed by atoms with van der Waals surface area (Å²) in [6.45, 7) is -0.126. The number of halogens is 2. The van der Waals surface area contributed by atoms with Gasteiger partial charge in [0.15, 0.2) is 0 Å². The number of esters is 1. The van der Waals surface area contributed by atoms with Gasteiger partial charge in [-0.05, 0) is 35.2 Å². The number of aromatic amines is 1. The first kappa shape index (κ1) is 16.7. The Morgan fingerprint density at radius 3 is 2.96 bits per heavy atom. The van der Waals surface area contributed by atoms with Gasteiger partial charge in [-0.1, -0.05) is 29.3 Å². The average molecular weight is 381 g/mol. The Kier molecular flexibility index (Phi) is 4.99. The predicted octanol–water partition coefficient (Wildman–Crippen LogP) is 4.05. The van der Waals surface area contributed by atoms with Crippen molar-refractivity contribution in [1.29, 1.82) is 0 Å². The number of fused-ring (bicyclic) bond motifs is 1. The summed E-state index contributed by atoms with van der Waals surface area (Å²) >= 11 is 13.1. The molecular formula is C16H10Cl2N2O3S. The molecule has 5 nitrogen and oxygen atoms in total. The lowest BCUT2D eigenvalue weighted by Crippen LogP contribution is -2.12. The molecule has 3 rings (SSSR count). The third kappa shape index (κ3) is 3.84. The summed E-state index contributed by atoms with van der Waals surface area (Å²) in [5, 5.41) is 2.72. The van der Waals surface area contributed by atoms with Crippen LogP contribution < -0.4 is 5.56 Å². The van der Waals surface area contributed by atoms with E-state index in [9.17, 15) is 9.59 Å². The number of hydrogen-bond acceptors (Lipinski definition) is 5. The van der Waals surface area contributed by atoms with Gasteiger partial charge in [0, 0.05) is 16.1 Å². The van der Waals surface area contributed by atoms with Crippen LogP contribution in [0.15, 0.2) is 40.5 Å². The Morgan fingerprint density at radius 1 is 1.33 bits per heavy atom. The summed E-state index contributed by atoms with van der Waals surface area (Å²) in [4.78, 5) is 30.4. The molecule has 0 atom stereocenters. The standard InChI is InChI=1S/C16H10Cl2N2O3S/c17-10-3-1-9(11(18)7-10)2-4-14(21)23-8-13-19-12-5-6-24-15(12)16(22)20-13/h1-7H,8H2,(H,19,20,22)/b4-2+. The van der Waals surface area contributed by atoms with Crippen LogP contribution in [0.5, 0.6) is 0 Å². The van der Waals surface area contributed by atoms with Gasteiger partial charge >= 0.3 is 5.97 Å². The van der Waals surface area contributed by atoms with Crippen molar-refractivity contribution < 1.29 is 9.53 Å². The maximum Gasteiger partial charge on any atom is 0.331 e. The molecule has 0 aliphatic carbocycles. The van der Waals surface area contributed by atoms with E-state index < -0.39 is 5.97 Å². The molecule has 1 aromatic carbocycles. The van der Waals surface area contributed by atoms with Crippen molar-refractivity contribution in [3.8, 4) is 0 Å². The molecule has 0 radical (unpaired) electrons. The third-order valence-electron chi connectivity index (χ3n) is 3.08. The molecule has 122 valence electrons. The molecule has 0 saturated heterocycles. The molecule has 0 fully saturated rings. The molecule has 0 bridgehead atoms. The van der Waals surface area contributed by atoms with Crippen LogP contribution in [0.1, 0.15) is 11.4 Å². The lowest BCUT2D eigenvalue weighted by atomic mass is 10.2. The maximum absolute atomic E-state index is 11.8. The molecule has 0 aliphatic heterocycles. The van der Waals surface area contributed by atoms with E-state index in [1.54, 1.807) is 29.6 Å². The summed E-state index contributed by atoms with van der Waals surface area (Å²) in [6, 6.07) is 6.68. The Hall–Kier alpha value is -2.15. The molecule has 1 N–H and O–H groups in total. The largest absolute Gasteiger partial charge is 0.454 e. The number of nitrogens with one attached hydrogen (secondary N) is 1. The van der Waals surface area contributed by atoms with Gasteiger partial charge in [0.25, 0.3) is 5.56 Å². The van der Waals surface area contributed by atoms with Crippen molar-refractivity contribution >= 4 is 56.8 Å². The minimum Gasteiger partial charge on any atom is -0.454 e. The van der Waals surface area contributed by atoms with E-state index >= 15 is 0 Å². The van der Waals surface area contributed by atoms with Crippen LogP contribution in [0.4, 0.5) is 0 Å². The van der Waals surface area contributed by atoms with Gasteiger partial charge in [0.2, 0.25) is 0 Å². The van der Waals surface area contributed by atoms with Crippen LogP contribution in [0.2, 0.25) is 10.0 Å². The van der Waals surface area contributed by atoms with Crippen LogP contribution in [0.25, 0.3) is 16.3 Å². The first-order valence-corrected chi connectivity index (χ1v) is 8.43. The zero-order valence-electron chi connectivity index (χ0n) is 12.1. The van der Waals surface area contributed by atoms with Gasteiger partial charge in [-0.15, -0.1) is 11.3 Å². The van der Waals surface area contributed by atoms with Crippen molar-refractivity contribution in [2.45, 2.75) is 6.61 Å². The maximum atomic E-state index is 11.8. The molecule has 24 heavy (non-hydrogen) atoms. The Bertz CT molecular complexity index is 994. The summed E-state index contributed by atoms with van der Waals surface area (Å²) < 4.78 is 5.61. The minimum atomic E-state index is -0.575. The van der Waals surface area contributed by atoms with Gasteiger partial charge in [0.05, 0.1) is 5.52 Å².